The van der Waals surface area contributed by atoms with E-state index in [2.05, 4.69) is 0 Å². The van der Waals surface area contributed by atoms with E-state index in [1.807, 2.05) is 54.6 Å². The Bertz CT molecular complexity index is 562. The Morgan fingerprint density at radius 1 is 1.00 bits per heavy atom. The van der Waals surface area contributed by atoms with E-state index in [9.17, 15) is 4.79 Å². The van der Waals surface area contributed by atoms with Crippen LogP contribution in [0.25, 0.3) is 6.08 Å². The van der Waals surface area contributed by atoms with Gasteiger partial charge in [0, 0.05) is 0 Å². The summed E-state index contributed by atoms with van der Waals surface area (Å²) >= 11 is 5.24. The first-order valence-electron chi connectivity index (χ1n) is 5.44. The minimum Gasteiger partial charge on any atom is -0.457 e. The van der Waals surface area contributed by atoms with Crippen molar-refractivity contribution < 1.29 is 9.53 Å². The molecular formula is C15H11ClO2. The van der Waals surface area contributed by atoms with E-state index >= 15 is 0 Å². The van der Waals surface area contributed by atoms with Crippen molar-refractivity contribution >= 4 is 22.9 Å². The molecule has 2 rings (SSSR count). The Balaban J connectivity index is 2.15. The van der Waals surface area contributed by atoms with E-state index in [1.165, 1.54) is 6.08 Å². The van der Waals surface area contributed by atoms with Crippen LogP contribution in [-0.2, 0) is 4.79 Å². The third-order valence-electron chi connectivity index (χ3n) is 2.24. The molecule has 0 amide bonds. The highest BCUT2D eigenvalue weighted by Crippen LogP contribution is 2.22. The largest absolute Gasteiger partial charge is 0.457 e. The average Bonchev–Trinajstić information content (AvgIpc) is 2.38. The van der Waals surface area contributed by atoms with Gasteiger partial charge >= 0.3 is 0 Å². The van der Waals surface area contributed by atoms with Crippen LogP contribution < -0.4 is 4.74 Å². The van der Waals surface area contributed by atoms with Crippen molar-refractivity contribution in [3.63, 3.8) is 0 Å². The third kappa shape index (κ3) is 3.75. The number of hydrogen-bond acceptors (Lipinski definition) is 2. The molecule has 0 spiro atoms. The van der Waals surface area contributed by atoms with Crippen LogP contribution in [-0.4, -0.2) is 5.24 Å². The first kappa shape index (κ1) is 12.4. The van der Waals surface area contributed by atoms with E-state index in [0.29, 0.717) is 5.75 Å². The normalized spacial score (nSPS) is 10.5. The summed E-state index contributed by atoms with van der Waals surface area (Å²) in [6, 6.07) is 16.9. The summed E-state index contributed by atoms with van der Waals surface area (Å²) in [6.07, 6.45) is 2.95. The highest BCUT2D eigenvalue weighted by Gasteiger charge is 1.97. The fourth-order valence-electron chi connectivity index (χ4n) is 1.47. The van der Waals surface area contributed by atoms with Crippen molar-refractivity contribution in [3.05, 3.63) is 66.2 Å². The van der Waals surface area contributed by atoms with Crippen molar-refractivity contribution in [1.82, 2.24) is 0 Å². The standard InChI is InChI=1S/C15H11ClO2/c16-15(17)10-9-12-5-4-8-14(11-12)18-13-6-2-1-3-7-13/h1-11H. The number of carbonyl (C=O) groups excluding carboxylic acids is 1. The Hall–Kier alpha value is -2.06. The SMILES string of the molecule is O=C(Cl)C=Cc1cccc(Oc2ccccc2)c1. The molecule has 2 aromatic rings. The van der Waals surface area contributed by atoms with Gasteiger partial charge in [0.1, 0.15) is 11.5 Å². The summed E-state index contributed by atoms with van der Waals surface area (Å²) in [4.78, 5) is 10.6. The van der Waals surface area contributed by atoms with Crippen molar-refractivity contribution in [2.75, 3.05) is 0 Å². The van der Waals surface area contributed by atoms with Crippen LogP contribution in [0.1, 0.15) is 5.56 Å². The second-order valence-electron chi connectivity index (χ2n) is 3.63. The van der Waals surface area contributed by atoms with E-state index < -0.39 is 5.24 Å². The minimum absolute atomic E-state index is 0.496. The zero-order chi connectivity index (χ0) is 12.8. The highest BCUT2D eigenvalue weighted by molar-refractivity contribution is 6.66. The van der Waals surface area contributed by atoms with Crippen LogP contribution in [0.5, 0.6) is 11.5 Å². The molecule has 0 fully saturated rings. The van der Waals surface area contributed by atoms with Gasteiger partial charge in [0.25, 0.3) is 0 Å². The van der Waals surface area contributed by atoms with Crippen molar-refractivity contribution in [3.8, 4) is 11.5 Å². The summed E-state index contributed by atoms with van der Waals surface area (Å²) in [5, 5.41) is -0.496. The number of rotatable bonds is 4. The van der Waals surface area contributed by atoms with Gasteiger partial charge in [0.15, 0.2) is 0 Å². The van der Waals surface area contributed by atoms with Crippen molar-refractivity contribution in [1.29, 1.82) is 0 Å². The summed E-state index contributed by atoms with van der Waals surface area (Å²) < 4.78 is 5.67. The number of benzene rings is 2. The smallest absolute Gasteiger partial charge is 0.245 e. The maximum Gasteiger partial charge on any atom is 0.245 e. The molecule has 0 N–H and O–H groups in total. The molecule has 0 saturated carbocycles. The lowest BCUT2D eigenvalue weighted by molar-refractivity contribution is -0.107. The van der Waals surface area contributed by atoms with Crippen LogP contribution in [0.2, 0.25) is 0 Å². The third-order valence-corrected chi connectivity index (χ3v) is 2.37. The van der Waals surface area contributed by atoms with E-state index in [0.717, 1.165) is 11.3 Å². The molecule has 3 heteroatoms. The number of para-hydroxylation sites is 1. The van der Waals surface area contributed by atoms with Gasteiger partial charge in [0.05, 0.1) is 0 Å². The Morgan fingerprint density at radius 3 is 2.44 bits per heavy atom. The van der Waals surface area contributed by atoms with Gasteiger partial charge in [0.2, 0.25) is 5.24 Å². The molecule has 0 aliphatic heterocycles. The lowest BCUT2D eigenvalue weighted by Gasteiger charge is -2.05. The maximum atomic E-state index is 10.6. The summed E-state index contributed by atoms with van der Waals surface area (Å²) in [7, 11) is 0. The molecule has 90 valence electrons. The molecule has 0 aliphatic rings. The lowest BCUT2D eigenvalue weighted by Crippen LogP contribution is -1.84. The van der Waals surface area contributed by atoms with Gasteiger partial charge < -0.3 is 4.74 Å². The van der Waals surface area contributed by atoms with Gasteiger partial charge in [-0.15, -0.1) is 0 Å². The zero-order valence-electron chi connectivity index (χ0n) is 9.55. The second-order valence-corrected chi connectivity index (χ2v) is 4.00. The molecule has 0 saturated heterocycles. The molecule has 0 aliphatic carbocycles. The second kappa shape index (κ2) is 6.03. The van der Waals surface area contributed by atoms with Crippen LogP contribution in [0.15, 0.2) is 60.7 Å². The average molecular weight is 259 g/mol. The monoisotopic (exact) mass is 258 g/mol. The molecule has 0 atom stereocenters. The summed E-state index contributed by atoms with van der Waals surface area (Å²) in [5.41, 5.74) is 0.859. The molecule has 2 nitrogen and oxygen atoms in total. The maximum absolute atomic E-state index is 10.6. The van der Waals surface area contributed by atoms with Crippen LogP contribution in [0.4, 0.5) is 0 Å². The predicted octanol–water partition coefficient (Wildman–Crippen LogP) is 4.26. The first-order chi connectivity index (χ1) is 8.74. The molecular weight excluding hydrogens is 248 g/mol. The molecule has 0 radical (unpaired) electrons. The first-order valence-corrected chi connectivity index (χ1v) is 5.82. The Labute approximate surface area is 110 Å². The number of halogens is 1. The Kier molecular flexibility index (Phi) is 4.15. The Morgan fingerprint density at radius 2 is 1.72 bits per heavy atom. The lowest BCUT2D eigenvalue weighted by atomic mass is 10.2. The van der Waals surface area contributed by atoms with Crippen LogP contribution >= 0.6 is 11.6 Å². The van der Waals surface area contributed by atoms with E-state index in [1.54, 1.807) is 6.08 Å². The number of ether oxygens (including phenoxy) is 1. The topological polar surface area (TPSA) is 26.3 Å². The molecule has 0 bridgehead atoms. The quantitative estimate of drug-likeness (QED) is 0.605. The summed E-state index contributed by atoms with van der Waals surface area (Å²) in [6.45, 7) is 0. The van der Waals surface area contributed by atoms with E-state index in [4.69, 9.17) is 16.3 Å². The molecule has 0 aromatic heterocycles. The number of hydrogen-bond donors (Lipinski definition) is 0. The number of carbonyl (C=O) groups is 1. The molecule has 18 heavy (non-hydrogen) atoms. The van der Waals surface area contributed by atoms with Gasteiger partial charge in [-0.2, -0.15) is 0 Å². The van der Waals surface area contributed by atoms with Gasteiger partial charge in [-0.25, -0.2) is 0 Å². The van der Waals surface area contributed by atoms with Crippen LogP contribution in [0, 0.1) is 0 Å². The van der Waals surface area contributed by atoms with Gasteiger partial charge in [-0.3, -0.25) is 4.79 Å². The van der Waals surface area contributed by atoms with Crippen LogP contribution in [0.3, 0.4) is 0 Å². The van der Waals surface area contributed by atoms with Gasteiger partial charge in [-0.05, 0) is 47.5 Å². The highest BCUT2D eigenvalue weighted by atomic mass is 35.5. The predicted molar refractivity (Wildman–Crippen MR) is 72.9 cm³/mol. The fraction of sp³-hybridized carbons (Fsp3) is 0. The molecule has 0 heterocycles. The van der Waals surface area contributed by atoms with Gasteiger partial charge in [-0.1, -0.05) is 36.4 Å². The minimum atomic E-state index is -0.496. The molecule has 0 unspecified atom stereocenters. The fourth-order valence-corrected chi connectivity index (χ4v) is 1.53. The zero-order valence-corrected chi connectivity index (χ0v) is 10.3. The molecule has 2 aromatic carbocycles. The van der Waals surface area contributed by atoms with Crippen molar-refractivity contribution in [2.45, 2.75) is 0 Å². The summed E-state index contributed by atoms with van der Waals surface area (Å²) in [5.74, 6) is 1.48. The van der Waals surface area contributed by atoms with Crippen molar-refractivity contribution in [2.24, 2.45) is 0 Å². The number of allylic oxidation sites excluding steroid dienone is 1. The van der Waals surface area contributed by atoms with E-state index in [-0.39, 0.29) is 0 Å².